The summed E-state index contributed by atoms with van der Waals surface area (Å²) in [5, 5.41) is 3.94. The molecule has 94 valence electrons. The molecular formula is C14H19ClFN. The van der Waals surface area contributed by atoms with Crippen molar-refractivity contribution in [3.63, 3.8) is 0 Å². The summed E-state index contributed by atoms with van der Waals surface area (Å²) >= 11 is 5.78. The van der Waals surface area contributed by atoms with Crippen molar-refractivity contribution in [2.75, 3.05) is 6.54 Å². The van der Waals surface area contributed by atoms with E-state index in [1.54, 1.807) is 6.07 Å². The summed E-state index contributed by atoms with van der Waals surface area (Å²) in [5.74, 6) is 0.185. The van der Waals surface area contributed by atoms with Gasteiger partial charge in [-0.15, -0.1) is 0 Å². The molecule has 0 amide bonds. The highest BCUT2D eigenvalue weighted by atomic mass is 35.5. The van der Waals surface area contributed by atoms with Crippen molar-refractivity contribution in [1.82, 2.24) is 5.32 Å². The Morgan fingerprint density at radius 1 is 1.41 bits per heavy atom. The van der Waals surface area contributed by atoms with Crippen molar-refractivity contribution in [3.05, 3.63) is 34.6 Å². The summed E-state index contributed by atoms with van der Waals surface area (Å²) in [6.45, 7) is 3.10. The minimum Gasteiger partial charge on any atom is -0.314 e. The molecule has 1 N–H and O–H groups in total. The Hall–Kier alpha value is -0.600. The number of benzene rings is 1. The van der Waals surface area contributed by atoms with E-state index < -0.39 is 0 Å². The molecule has 1 aromatic rings. The van der Waals surface area contributed by atoms with E-state index in [0.717, 1.165) is 24.9 Å². The van der Waals surface area contributed by atoms with Crippen LogP contribution < -0.4 is 5.32 Å². The van der Waals surface area contributed by atoms with Gasteiger partial charge in [-0.1, -0.05) is 31.0 Å². The van der Waals surface area contributed by atoms with E-state index in [1.165, 1.54) is 18.9 Å². The van der Waals surface area contributed by atoms with Gasteiger partial charge in [-0.3, -0.25) is 0 Å². The number of hydrogen-bond donors (Lipinski definition) is 1. The smallest absolute Gasteiger partial charge is 0.128 e. The summed E-state index contributed by atoms with van der Waals surface area (Å²) < 4.78 is 13.8. The molecule has 0 aliphatic heterocycles. The minimum atomic E-state index is -0.153. The van der Waals surface area contributed by atoms with Crippen LogP contribution in [-0.2, 0) is 0 Å². The molecule has 1 fully saturated rings. The molecule has 0 heterocycles. The Morgan fingerprint density at radius 2 is 2.24 bits per heavy atom. The molecular weight excluding hydrogens is 237 g/mol. The Balaban J connectivity index is 2.10. The van der Waals surface area contributed by atoms with Gasteiger partial charge in [-0.2, -0.15) is 0 Å². The predicted molar refractivity (Wildman–Crippen MR) is 70.1 cm³/mol. The van der Waals surface area contributed by atoms with Gasteiger partial charge in [0, 0.05) is 11.1 Å². The first-order valence-electron chi connectivity index (χ1n) is 6.39. The van der Waals surface area contributed by atoms with Crippen LogP contribution in [0.4, 0.5) is 4.39 Å². The number of rotatable bonds is 3. The molecule has 3 heteroatoms. The van der Waals surface area contributed by atoms with Crippen LogP contribution in [0.2, 0.25) is 5.02 Å². The van der Waals surface area contributed by atoms with Gasteiger partial charge in [0.25, 0.3) is 0 Å². The summed E-state index contributed by atoms with van der Waals surface area (Å²) in [6.07, 6.45) is 4.50. The maximum Gasteiger partial charge on any atom is 0.128 e. The van der Waals surface area contributed by atoms with Gasteiger partial charge in [-0.25, -0.2) is 4.39 Å². The lowest BCUT2D eigenvalue weighted by molar-refractivity contribution is 0.339. The van der Waals surface area contributed by atoms with Crippen molar-refractivity contribution < 1.29 is 4.39 Å². The lowest BCUT2D eigenvalue weighted by Crippen LogP contribution is -2.33. The molecule has 1 aromatic carbocycles. The minimum absolute atomic E-state index is 0.153. The lowest BCUT2D eigenvalue weighted by Gasteiger charge is -2.30. The van der Waals surface area contributed by atoms with E-state index >= 15 is 0 Å². The van der Waals surface area contributed by atoms with Gasteiger partial charge in [0.15, 0.2) is 0 Å². The molecule has 1 aliphatic rings. The van der Waals surface area contributed by atoms with Crippen molar-refractivity contribution >= 4 is 11.6 Å². The molecule has 0 spiro atoms. The SMILES string of the molecule is CCNC1CCCC(c2ccc(Cl)cc2F)C1. The van der Waals surface area contributed by atoms with Crippen LogP contribution in [0.5, 0.6) is 0 Å². The molecule has 2 atom stereocenters. The molecule has 0 aromatic heterocycles. The van der Waals surface area contributed by atoms with Crippen LogP contribution in [0.15, 0.2) is 18.2 Å². The predicted octanol–water partition coefficient (Wildman–Crippen LogP) is 4.11. The highest BCUT2D eigenvalue weighted by Crippen LogP contribution is 2.34. The van der Waals surface area contributed by atoms with Crippen LogP contribution in [0.1, 0.15) is 44.1 Å². The third-order valence-electron chi connectivity index (χ3n) is 3.57. The van der Waals surface area contributed by atoms with Crippen LogP contribution in [0.3, 0.4) is 0 Å². The number of halogens is 2. The average Bonchev–Trinajstić information content (AvgIpc) is 2.29. The van der Waals surface area contributed by atoms with Gasteiger partial charge in [0.05, 0.1) is 0 Å². The Kier molecular flexibility index (Phi) is 4.41. The van der Waals surface area contributed by atoms with E-state index in [0.29, 0.717) is 17.0 Å². The van der Waals surface area contributed by atoms with Gasteiger partial charge in [-0.05, 0) is 49.4 Å². The van der Waals surface area contributed by atoms with Gasteiger partial charge >= 0.3 is 0 Å². The zero-order valence-corrected chi connectivity index (χ0v) is 10.9. The zero-order chi connectivity index (χ0) is 12.3. The van der Waals surface area contributed by atoms with Gasteiger partial charge in [0.1, 0.15) is 5.82 Å². The van der Waals surface area contributed by atoms with Gasteiger partial charge in [0.2, 0.25) is 0 Å². The van der Waals surface area contributed by atoms with Crippen LogP contribution in [0.25, 0.3) is 0 Å². The first-order valence-corrected chi connectivity index (χ1v) is 6.76. The van der Waals surface area contributed by atoms with E-state index in [-0.39, 0.29) is 5.82 Å². The van der Waals surface area contributed by atoms with E-state index in [9.17, 15) is 4.39 Å². The monoisotopic (exact) mass is 255 g/mol. The summed E-state index contributed by atoms with van der Waals surface area (Å²) in [6, 6.07) is 5.59. The molecule has 0 saturated heterocycles. The molecule has 1 nitrogen and oxygen atoms in total. The van der Waals surface area contributed by atoms with E-state index in [4.69, 9.17) is 11.6 Å². The molecule has 1 saturated carbocycles. The third-order valence-corrected chi connectivity index (χ3v) is 3.80. The summed E-state index contributed by atoms with van der Waals surface area (Å²) in [7, 11) is 0. The molecule has 0 radical (unpaired) electrons. The fraction of sp³-hybridized carbons (Fsp3) is 0.571. The normalized spacial score (nSPS) is 24.9. The largest absolute Gasteiger partial charge is 0.314 e. The van der Waals surface area contributed by atoms with Crippen LogP contribution in [-0.4, -0.2) is 12.6 Å². The van der Waals surface area contributed by atoms with Crippen molar-refractivity contribution in [2.45, 2.75) is 44.6 Å². The van der Waals surface area contributed by atoms with E-state index in [2.05, 4.69) is 12.2 Å². The molecule has 2 rings (SSSR count). The van der Waals surface area contributed by atoms with E-state index in [1.807, 2.05) is 6.07 Å². The summed E-state index contributed by atoms with van der Waals surface area (Å²) in [4.78, 5) is 0. The topological polar surface area (TPSA) is 12.0 Å². The second-order valence-corrected chi connectivity index (χ2v) is 5.22. The maximum atomic E-state index is 13.8. The number of hydrogen-bond acceptors (Lipinski definition) is 1. The van der Waals surface area contributed by atoms with Crippen molar-refractivity contribution in [3.8, 4) is 0 Å². The quantitative estimate of drug-likeness (QED) is 0.857. The highest BCUT2D eigenvalue weighted by molar-refractivity contribution is 6.30. The Labute approximate surface area is 107 Å². The second kappa shape index (κ2) is 5.83. The molecule has 1 aliphatic carbocycles. The standard InChI is InChI=1S/C14H19ClFN/c1-2-17-12-5-3-4-10(8-12)13-7-6-11(15)9-14(13)16/h6-7,9-10,12,17H,2-5,8H2,1H3. The fourth-order valence-corrected chi connectivity index (χ4v) is 2.94. The first kappa shape index (κ1) is 12.8. The zero-order valence-electron chi connectivity index (χ0n) is 10.2. The third kappa shape index (κ3) is 3.20. The fourth-order valence-electron chi connectivity index (χ4n) is 2.78. The molecule has 2 unspecified atom stereocenters. The molecule has 17 heavy (non-hydrogen) atoms. The molecule has 0 bridgehead atoms. The Morgan fingerprint density at radius 3 is 2.94 bits per heavy atom. The summed E-state index contributed by atoms with van der Waals surface area (Å²) in [5.41, 5.74) is 0.831. The average molecular weight is 256 g/mol. The van der Waals surface area contributed by atoms with Crippen LogP contribution in [0, 0.1) is 5.82 Å². The van der Waals surface area contributed by atoms with Crippen molar-refractivity contribution in [1.29, 1.82) is 0 Å². The number of nitrogens with one attached hydrogen (secondary N) is 1. The highest BCUT2D eigenvalue weighted by Gasteiger charge is 2.24. The first-order chi connectivity index (χ1) is 8.20. The Bertz CT molecular complexity index is 378. The second-order valence-electron chi connectivity index (χ2n) is 4.78. The van der Waals surface area contributed by atoms with Crippen LogP contribution >= 0.6 is 11.6 Å². The van der Waals surface area contributed by atoms with Gasteiger partial charge < -0.3 is 5.32 Å². The van der Waals surface area contributed by atoms with Crippen molar-refractivity contribution in [2.24, 2.45) is 0 Å². The lowest BCUT2D eigenvalue weighted by atomic mass is 9.81. The maximum absolute atomic E-state index is 13.8.